The summed E-state index contributed by atoms with van der Waals surface area (Å²) < 4.78 is 18.6. The molecule has 0 aliphatic heterocycles. The Morgan fingerprint density at radius 2 is 2.03 bits per heavy atom. The summed E-state index contributed by atoms with van der Waals surface area (Å²) in [5.74, 6) is -0.0908. The molecule has 0 bridgehead atoms. The summed E-state index contributed by atoms with van der Waals surface area (Å²) in [5, 5.41) is 0.316. The van der Waals surface area contributed by atoms with E-state index < -0.39 is 5.97 Å². The standard InChI is InChI=1S/C23H30ClIN2O5/c1-6-31-22(29)16-14-27(9-8-17(16)28)19(23(2,3)4)13-15-12-18(20(24)26-21(15)25)32-11-7-10-30-5/h8-9,12,14,19H,6-7,10-11,13H2,1-5H3/t19-/m0/s1. The van der Waals surface area contributed by atoms with E-state index in [0.717, 1.165) is 15.7 Å². The molecule has 2 aromatic rings. The fourth-order valence-electron chi connectivity index (χ4n) is 3.24. The van der Waals surface area contributed by atoms with Crippen molar-refractivity contribution in [1.82, 2.24) is 9.55 Å². The molecule has 0 amide bonds. The summed E-state index contributed by atoms with van der Waals surface area (Å²) in [4.78, 5) is 28.9. The lowest BCUT2D eigenvalue weighted by atomic mass is 9.83. The number of hydrogen-bond donors (Lipinski definition) is 0. The molecule has 176 valence electrons. The van der Waals surface area contributed by atoms with E-state index in [0.29, 0.717) is 30.5 Å². The topological polar surface area (TPSA) is 79.7 Å². The maximum Gasteiger partial charge on any atom is 0.343 e. The van der Waals surface area contributed by atoms with Crippen LogP contribution in [0, 0.1) is 9.12 Å². The van der Waals surface area contributed by atoms with Gasteiger partial charge in [-0.15, -0.1) is 0 Å². The van der Waals surface area contributed by atoms with Crippen molar-refractivity contribution in [3.8, 4) is 5.75 Å². The minimum absolute atomic E-state index is 0.0229. The summed E-state index contributed by atoms with van der Waals surface area (Å²) in [6.07, 6.45) is 4.63. The average Bonchev–Trinajstić information content (AvgIpc) is 2.71. The molecule has 0 spiro atoms. The minimum atomic E-state index is -0.617. The molecule has 2 rings (SSSR count). The molecule has 0 aliphatic carbocycles. The predicted molar refractivity (Wildman–Crippen MR) is 133 cm³/mol. The first kappa shape index (κ1) is 26.6. The van der Waals surface area contributed by atoms with Crippen LogP contribution >= 0.6 is 34.2 Å². The molecule has 0 aromatic carbocycles. The first-order valence-corrected chi connectivity index (χ1v) is 11.9. The van der Waals surface area contributed by atoms with Gasteiger partial charge < -0.3 is 18.8 Å². The van der Waals surface area contributed by atoms with Crippen LogP contribution in [0.2, 0.25) is 5.15 Å². The number of pyridine rings is 2. The maximum absolute atomic E-state index is 12.2. The molecule has 9 heteroatoms. The second kappa shape index (κ2) is 12.0. The fourth-order valence-corrected chi connectivity index (χ4v) is 4.20. The zero-order valence-corrected chi connectivity index (χ0v) is 22.0. The van der Waals surface area contributed by atoms with Gasteiger partial charge in [0.25, 0.3) is 0 Å². The molecule has 0 aliphatic rings. The van der Waals surface area contributed by atoms with Gasteiger partial charge in [0.15, 0.2) is 16.3 Å². The van der Waals surface area contributed by atoms with Crippen LogP contribution in [0.3, 0.4) is 0 Å². The van der Waals surface area contributed by atoms with Gasteiger partial charge in [-0.25, -0.2) is 9.78 Å². The van der Waals surface area contributed by atoms with Crippen molar-refractivity contribution in [2.75, 3.05) is 26.9 Å². The van der Waals surface area contributed by atoms with Crippen molar-refractivity contribution in [1.29, 1.82) is 0 Å². The van der Waals surface area contributed by atoms with E-state index in [1.807, 2.05) is 10.6 Å². The van der Waals surface area contributed by atoms with Crippen molar-refractivity contribution in [3.05, 3.63) is 54.7 Å². The highest BCUT2D eigenvalue weighted by Crippen LogP contribution is 2.36. The highest BCUT2D eigenvalue weighted by atomic mass is 127. The van der Waals surface area contributed by atoms with Crippen LogP contribution in [-0.4, -0.2) is 42.5 Å². The molecule has 0 unspecified atom stereocenters. The molecular weight excluding hydrogens is 547 g/mol. The summed E-state index contributed by atoms with van der Waals surface area (Å²) in [6.45, 7) is 9.32. The maximum atomic E-state index is 12.2. The number of rotatable bonds is 10. The Balaban J connectivity index is 2.39. The summed E-state index contributed by atoms with van der Waals surface area (Å²) in [7, 11) is 1.65. The number of esters is 1. The van der Waals surface area contributed by atoms with Gasteiger partial charge in [-0.3, -0.25) is 4.79 Å². The normalized spacial score (nSPS) is 12.5. The lowest BCUT2D eigenvalue weighted by Crippen LogP contribution is -2.29. The molecule has 32 heavy (non-hydrogen) atoms. The second-order valence-electron chi connectivity index (χ2n) is 8.40. The van der Waals surface area contributed by atoms with Gasteiger partial charge in [-0.2, -0.15) is 0 Å². The highest BCUT2D eigenvalue weighted by molar-refractivity contribution is 14.1. The molecule has 1 atom stereocenters. The molecular formula is C23H30ClIN2O5. The third-order valence-corrected chi connectivity index (χ3v) is 6.13. The van der Waals surface area contributed by atoms with Crippen molar-refractivity contribution in [3.63, 3.8) is 0 Å². The van der Waals surface area contributed by atoms with Gasteiger partial charge in [0.1, 0.15) is 9.26 Å². The third-order valence-electron chi connectivity index (χ3n) is 4.93. The Kier molecular flexibility index (Phi) is 9.97. The number of hydrogen-bond acceptors (Lipinski definition) is 6. The van der Waals surface area contributed by atoms with E-state index in [2.05, 4.69) is 48.3 Å². The van der Waals surface area contributed by atoms with Crippen LogP contribution in [0.25, 0.3) is 0 Å². The van der Waals surface area contributed by atoms with E-state index in [1.165, 1.54) is 6.07 Å². The number of carbonyl (C=O) groups excluding carboxylic acids is 1. The van der Waals surface area contributed by atoms with E-state index in [-0.39, 0.29) is 29.1 Å². The number of methoxy groups -OCH3 is 1. The lowest BCUT2D eigenvalue weighted by molar-refractivity contribution is 0.0523. The lowest BCUT2D eigenvalue weighted by Gasteiger charge is -2.33. The Bertz CT molecular complexity index is 987. The zero-order chi connectivity index (χ0) is 23.9. The smallest absolute Gasteiger partial charge is 0.343 e. The van der Waals surface area contributed by atoms with Crippen LogP contribution < -0.4 is 10.2 Å². The van der Waals surface area contributed by atoms with Gasteiger partial charge >= 0.3 is 5.97 Å². The summed E-state index contributed by atoms with van der Waals surface area (Å²) >= 11 is 8.46. The monoisotopic (exact) mass is 576 g/mol. The van der Waals surface area contributed by atoms with Crippen LogP contribution in [0.15, 0.2) is 29.3 Å². The Morgan fingerprint density at radius 3 is 2.66 bits per heavy atom. The van der Waals surface area contributed by atoms with Gasteiger partial charge in [0.05, 0.1) is 13.2 Å². The molecule has 0 saturated carbocycles. The van der Waals surface area contributed by atoms with E-state index in [9.17, 15) is 9.59 Å². The van der Waals surface area contributed by atoms with Crippen molar-refractivity contribution in [2.24, 2.45) is 5.41 Å². The first-order valence-electron chi connectivity index (χ1n) is 10.4. The van der Waals surface area contributed by atoms with Crippen molar-refractivity contribution in [2.45, 2.75) is 46.6 Å². The number of aromatic nitrogens is 2. The highest BCUT2D eigenvalue weighted by Gasteiger charge is 2.28. The third kappa shape index (κ3) is 7.18. The Labute approximate surface area is 207 Å². The van der Waals surface area contributed by atoms with Crippen molar-refractivity contribution < 1.29 is 19.0 Å². The predicted octanol–water partition coefficient (Wildman–Crippen LogP) is 4.92. The number of nitrogens with zero attached hydrogens (tertiary/aromatic N) is 2. The van der Waals surface area contributed by atoms with Crippen LogP contribution in [-0.2, 0) is 15.9 Å². The van der Waals surface area contributed by atoms with Crippen LogP contribution in [0.1, 0.15) is 56.1 Å². The van der Waals surface area contributed by atoms with E-state index in [4.69, 9.17) is 25.8 Å². The molecule has 0 saturated heterocycles. The van der Waals surface area contributed by atoms with Crippen molar-refractivity contribution >= 4 is 40.2 Å². The summed E-state index contributed by atoms with van der Waals surface area (Å²) in [5.41, 5.74) is 0.438. The number of carbonyl (C=O) groups is 1. The van der Waals surface area contributed by atoms with Gasteiger partial charge in [0.2, 0.25) is 0 Å². The average molecular weight is 577 g/mol. The molecule has 0 fully saturated rings. The molecule has 7 nitrogen and oxygen atoms in total. The Morgan fingerprint density at radius 1 is 1.31 bits per heavy atom. The van der Waals surface area contributed by atoms with Gasteiger partial charge in [-0.05, 0) is 53.0 Å². The van der Waals surface area contributed by atoms with Crippen LogP contribution in [0.5, 0.6) is 5.75 Å². The zero-order valence-electron chi connectivity index (χ0n) is 19.1. The van der Waals surface area contributed by atoms with Gasteiger partial charge in [0, 0.05) is 44.6 Å². The minimum Gasteiger partial charge on any atom is -0.490 e. The quantitative estimate of drug-likeness (QED) is 0.173. The number of ether oxygens (including phenoxy) is 3. The fraction of sp³-hybridized carbons (Fsp3) is 0.522. The SMILES string of the molecule is CCOC(=O)c1cn([C@@H](Cc2cc(OCCCOC)c(Cl)nc2I)C(C)(C)C)ccc1=O. The first-order chi connectivity index (χ1) is 15.1. The molecule has 0 N–H and O–H groups in total. The Hall–Kier alpha value is -1.65. The van der Waals surface area contributed by atoms with Crippen LogP contribution in [0.4, 0.5) is 0 Å². The van der Waals surface area contributed by atoms with E-state index >= 15 is 0 Å². The number of halogens is 2. The second-order valence-corrected chi connectivity index (χ2v) is 9.78. The van der Waals surface area contributed by atoms with Gasteiger partial charge in [-0.1, -0.05) is 32.4 Å². The molecule has 0 radical (unpaired) electrons. The summed E-state index contributed by atoms with van der Waals surface area (Å²) in [6, 6.07) is 3.24. The van der Waals surface area contributed by atoms with E-state index in [1.54, 1.807) is 26.4 Å². The molecule has 2 heterocycles. The molecule has 2 aromatic heterocycles. The largest absolute Gasteiger partial charge is 0.490 e.